The first-order valence-electron chi connectivity index (χ1n) is 4.48. The van der Waals surface area contributed by atoms with Crippen molar-refractivity contribution in [3.63, 3.8) is 0 Å². The highest BCUT2D eigenvalue weighted by atomic mass is 19.1. The van der Waals surface area contributed by atoms with Crippen LogP contribution in [0.4, 0.5) is 4.39 Å². The molecule has 1 aliphatic rings. The van der Waals surface area contributed by atoms with Gasteiger partial charge in [-0.25, -0.2) is 4.39 Å². The Balaban J connectivity index is 2.02. The second kappa shape index (κ2) is 4.02. The highest BCUT2D eigenvalue weighted by molar-refractivity contribution is 4.96. The summed E-state index contributed by atoms with van der Waals surface area (Å²) in [4.78, 5) is 4.08. The van der Waals surface area contributed by atoms with Gasteiger partial charge in [0.2, 0.25) is 5.89 Å². The maximum Gasteiger partial charge on any atom is 0.243 e. The topological polar surface area (TPSA) is 60.2 Å². The molecule has 6 heteroatoms. The van der Waals surface area contributed by atoms with Gasteiger partial charge in [-0.15, -0.1) is 0 Å². The number of hydrogen-bond acceptors (Lipinski definition) is 5. The van der Waals surface area contributed by atoms with E-state index in [0.717, 1.165) is 0 Å². The van der Waals surface area contributed by atoms with Crippen molar-refractivity contribution in [2.75, 3.05) is 13.7 Å². The van der Waals surface area contributed by atoms with E-state index in [1.807, 2.05) is 0 Å². The fourth-order valence-corrected chi connectivity index (χ4v) is 1.48. The molecule has 14 heavy (non-hydrogen) atoms. The Morgan fingerprint density at radius 2 is 2.57 bits per heavy atom. The molecule has 0 bridgehead atoms. The van der Waals surface area contributed by atoms with E-state index in [2.05, 4.69) is 15.5 Å². The monoisotopic (exact) mass is 201 g/mol. The van der Waals surface area contributed by atoms with E-state index in [1.165, 1.54) is 0 Å². The standard InChI is InChI=1S/C8H12FN3O2/c1-13-4-7-11-8(14-12-7)6-2-5(9)3-10-6/h5-6,10H,2-4H2,1H3/t5-,6+/m1/s1. The zero-order chi connectivity index (χ0) is 9.97. The molecule has 0 saturated carbocycles. The fourth-order valence-electron chi connectivity index (χ4n) is 1.48. The zero-order valence-corrected chi connectivity index (χ0v) is 7.86. The van der Waals surface area contributed by atoms with Crippen LogP contribution in [0.15, 0.2) is 4.52 Å². The maximum atomic E-state index is 12.8. The van der Waals surface area contributed by atoms with Gasteiger partial charge in [0.1, 0.15) is 12.8 Å². The molecule has 2 rings (SSSR count). The number of hydrogen-bond donors (Lipinski definition) is 1. The summed E-state index contributed by atoms with van der Waals surface area (Å²) in [6.07, 6.45) is -0.424. The lowest BCUT2D eigenvalue weighted by Crippen LogP contribution is -2.14. The smallest absolute Gasteiger partial charge is 0.243 e. The number of rotatable bonds is 3. The minimum atomic E-state index is -0.822. The molecule has 2 atom stereocenters. The molecule has 0 radical (unpaired) electrons. The van der Waals surface area contributed by atoms with Gasteiger partial charge in [0.15, 0.2) is 5.82 Å². The first-order chi connectivity index (χ1) is 6.79. The molecular formula is C8H12FN3O2. The Morgan fingerprint density at radius 1 is 1.71 bits per heavy atom. The number of halogens is 1. The molecular weight excluding hydrogens is 189 g/mol. The molecule has 0 aliphatic carbocycles. The lowest BCUT2D eigenvalue weighted by molar-refractivity contribution is 0.174. The predicted molar refractivity (Wildman–Crippen MR) is 45.3 cm³/mol. The summed E-state index contributed by atoms with van der Waals surface area (Å²) in [5, 5.41) is 6.67. The molecule has 1 N–H and O–H groups in total. The Morgan fingerprint density at radius 3 is 3.21 bits per heavy atom. The number of alkyl halides is 1. The molecule has 2 heterocycles. The van der Waals surface area contributed by atoms with Gasteiger partial charge in [0, 0.05) is 20.1 Å². The van der Waals surface area contributed by atoms with Crippen LogP contribution in [0, 0.1) is 0 Å². The summed E-state index contributed by atoms with van der Waals surface area (Å²) < 4.78 is 22.7. The van der Waals surface area contributed by atoms with Crippen LogP contribution >= 0.6 is 0 Å². The molecule has 0 aromatic carbocycles. The van der Waals surface area contributed by atoms with Crippen molar-refractivity contribution in [2.45, 2.75) is 25.2 Å². The van der Waals surface area contributed by atoms with Crippen LogP contribution in [0.3, 0.4) is 0 Å². The number of ether oxygens (including phenoxy) is 1. The molecule has 0 unspecified atom stereocenters. The van der Waals surface area contributed by atoms with Crippen molar-refractivity contribution in [3.05, 3.63) is 11.7 Å². The van der Waals surface area contributed by atoms with Crippen molar-refractivity contribution in [1.29, 1.82) is 0 Å². The number of methoxy groups -OCH3 is 1. The summed E-state index contributed by atoms with van der Waals surface area (Å²) in [6.45, 7) is 0.669. The van der Waals surface area contributed by atoms with Gasteiger partial charge < -0.3 is 14.6 Å². The van der Waals surface area contributed by atoms with Crippen molar-refractivity contribution in [2.24, 2.45) is 0 Å². The Bertz CT molecular complexity index is 305. The number of nitrogens with zero attached hydrogens (tertiary/aromatic N) is 2. The van der Waals surface area contributed by atoms with Crippen molar-refractivity contribution >= 4 is 0 Å². The van der Waals surface area contributed by atoms with Crippen LogP contribution in [0.1, 0.15) is 24.2 Å². The molecule has 1 aromatic rings. The minimum Gasteiger partial charge on any atom is -0.377 e. The Hall–Kier alpha value is -1.01. The summed E-state index contributed by atoms with van der Waals surface area (Å²) >= 11 is 0. The summed E-state index contributed by atoms with van der Waals surface area (Å²) in [5.41, 5.74) is 0. The highest BCUT2D eigenvalue weighted by Gasteiger charge is 2.29. The molecule has 78 valence electrons. The third kappa shape index (κ3) is 1.91. The molecule has 1 aromatic heterocycles. The SMILES string of the molecule is COCc1noc([C@@H]2C[C@@H](F)CN2)n1. The van der Waals surface area contributed by atoms with Crippen LogP contribution in [0.5, 0.6) is 0 Å². The molecule has 0 spiro atoms. The Labute approximate surface area is 80.6 Å². The van der Waals surface area contributed by atoms with Gasteiger partial charge >= 0.3 is 0 Å². The largest absolute Gasteiger partial charge is 0.377 e. The second-order valence-corrected chi connectivity index (χ2v) is 3.28. The summed E-state index contributed by atoms with van der Waals surface area (Å²) in [5.74, 6) is 0.934. The van der Waals surface area contributed by atoms with Crippen LogP contribution in [0.25, 0.3) is 0 Å². The molecule has 0 amide bonds. The van der Waals surface area contributed by atoms with Crippen LogP contribution in [-0.2, 0) is 11.3 Å². The van der Waals surface area contributed by atoms with E-state index >= 15 is 0 Å². The third-order valence-electron chi connectivity index (χ3n) is 2.13. The van der Waals surface area contributed by atoms with E-state index in [4.69, 9.17) is 9.26 Å². The zero-order valence-electron chi connectivity index (χ0n) is 7.86. The van der Waals surface area contributed by atoms with E-state index in [-0.39, 0.29) is 6.04 Å². The molecule has 1 aliphatic heterocycles. The molecule has 1 saturated heterocycles. The average Bonchev–Trinajstić information content (AvgIpc) is 2.74. The predicted octanol–water partition coefficient (Wildman–Crippen LogP) is 0.589. The van der Waals surface area contributed by atoms with E-state index in [0.29, 0.717) is 31.3 Å². The number of aromatic nitrogens is 2. The molecule has 1 fully saturated rings. The van der Waals surface area contributed by atoms with E-state index < -0.39 is 6.17 Å². The maximum absolute atomic E-state index is 12.8. The minimum absolute atomic E-state index is 0.150. The molecule has 5 nitrogen and oxygen atoms in total. The Kier molecular flexibility index (Phi) is 2.74. The second-order valence-electron chi connectivity index (χ2n) is 3.28. The summed E-state index contributed by atoms with van der Waals surface area (Å²) in [6, 6.07) is -0.150. The summed E-state index contributed by atoms with van der Waals surface area (Å²) in [7, 11) is 1.56. The van der Waals surface area contributed by atoms with Crippen LogP contribution < -0.4 is 5.32 Å². The lowest BCUT2D eigenvalue weighted by Gasteiger charge is -2.00. The van der Waals surface area contributed by atoms with Crippen molar-refractivity contribution in [3.8, 4) is 0 Å². The van der Waals surface area contributed by atoms with Gasteiger partial charge in [-0.1, -0.05) is 5.16 Å². The third-order valence-corrected chi connectivity index (χ3v) is 2.13. The van der Waals surface area contributed by atoms with Gasteiger partial charge in [0.05, 0.1) is 6.04 Å². The van der Waals surface area contributed by atoms with Crippen molar-refractivity contribution in [1.82, 2.24) is 15.5 Å². The van der Waals surface area contributed by atoms with E-state index in [1.54, 1.807) is 7.11 Å². The van der Waals surface area contributed by atoms with Gasteiger partial charge in [-0.3, -0.25) is 0 Å². The van der Waals surface area contributed by atoms with Crippen LogP contribution in [-0.4, -0.2) is 30.0 Å². The highest BCUT2D eigenvalue weighted by Crippen LogP contribution is 2.23. The quantitative estimate of drug-likeness (QED) is 0.775. The van der Waals surface area contributed by atoms with Crippen LogP contribution in [0.2, 0.25) is 0 Å². The average molecular weight is 201 g/mol. The van der Waals surface area contributed by atoms with Crippen molar-refractivity contribution < 1.29 is 13.7 Å². The lowest BCUT2D eigenvalue weighted by atomic mass is 10.2. The normalized spacial score (nSPS) is 27.0. The first-order valence-corrected chi connectivity index (χ1v) is 4.48. The van der Waals surface area contributed by atoms with Gasteiger partial charge in [-0.2, -0.15) is 4.98 Å². The first kappa shape index (κ1) is 9.54. The van der Waals surface area contributed by atoms with Gasteiger partial charge in [0.25, 0.3) is 0 Å². The van der Waals surface area contributed by atoms with E-state index in [9.17, 15) is 4.39 Å². The number of nitrogens with one attached hydrogen (secondary N) is 1. The van der Waals surface area contributed by atoms with Gasteiger partial charge in [-0.05, 0) is 0 Å². The fraction of sp³-hybridized carbons (Fsp3) is 0.750.